The zero-order valence-electron chi connectivity index (χ0n) is 10.9. The molecule has 0 aliphatic heterocycles. The van der Waals surface area contributed by atoms with Crippen LogP contribution in [0.1, 0.15) is 30.1 Å². The molecule has 5 N–H and O–H groups in total. The van der Waals surface area contributed by atoms with Crippen LogP contribution >= 0.6 is 0 Å². The van der Waals surface area contributed by atoms with Gasteiger partial charge in [-0.1, -0.05) is 19.4 Å². The van der Waals surface area contributed by atoms with E-state index in [0.29, 0.717) is 17.9 Å². The number of carboxylic acid groups (broad SMARTS) is 1. The number of nitrogens with two attached hydrogens (primary N) is 2. The quantitative estimate of drug-likeness (QED) is 0.638. The molecule has 1 amide bonds. The Bertz CT molecular complexity index is 474. The molecule has 1 aromatic carbocycles. The van der Waals surface area contributed by atoms with Gasteiger partial charge in [0.2, 0.25) is 5.91 Å². The predicted octanol–water partition coefficient (Wildman–Crippen LogP) is 1.06. The van der Waals surface area contributed by atoms with E-state index in [-0.39, 0.29) is 12.1 Å². The van der Waals surface area contributed by atoms with Crippen molar-refractivity contribution in [1.29, 1.82) is 0 Å². The van der Waals surface area contributed by atoms with Gasteiger partial charge in [-0.25, -0.2) is 4.79 Å². The second-order valence-corrected chi connectivity index (χ2v) is 4.29. The molecule has 0 fully saturated rings. The highest BCUT2D eigenvalue weighted by atomic mass is 16.4. The Hall–Kier alpha value is -2.24. The van der Waals surface area contributed by atoms with Gasteiger partial charge in [0.15, 0.2) is 0 Å². The molecule has 0 spiro atoms. The van der Waals surface area contributed by atoms with Crippen molar-refractivity contribution in [3.63, 3.8) is 0 Å². The zero-order chi connectivity index (χ0) is 14.4. The van der Waals surface area contributed by atoms with Gasteiger partial charge in [0, 0.05) is 6.54 Å². The average Bonchev–Trinajstić information content (AvgIpc) is 2.33. The van der Waals surface area contributed by atoms with Gasteiger partial charge in [0.05, 0.1) is 23.5 Å². The number of rotatable bonds is 7. The lowest BCUT2D eigenvalue weighted by molar-refractivity contribution is -0.116. The topological polar surface area (TPSA) is 110 Å². The molecule has 6 heteroatoms. The fourth-order valence-corrected chi connectivity index (χ4v) is 1.89. The first-order valence-corrected chi connectivity index (χ1v) is 6.12. The van der Waals surface area contributed by atoms with E-state index in [1.54, 1.807) is 17.0 Å². The van der Waals surface area contributed by atoms with E-state index < -0.39 is 11.9 Å². The second kappa shape index (κ2) is 6.63. The van der Waals surface area contributed by atoms with Crippen LogP contribution in [0.25, 0.3) is 0 Å². The van der Waals surface area contributed by atoms with Gasteiger partial charge in [0.25, 0.3) is 0 Å². The van der Waals surface area contributed by atoms with Gasteiger partial charge in [-0.2, -0.15) is 0 Å². The van der Waals surface area contributed by atoms with Crippen molar-refractivity contribution in [2.24, 2.45) is 5.73 Å². The van der Waals surface area contributed by atoms with Gasteiger partial charge < -0.3 is 21.5 Å². The monoisotopic (exact) mass is 265 g/mol. The van der Waals surface area contributed by atoms with Crippen molar-refractivity contribution < 1.29 is 14.7 Å². The Balaban J connectivity index is 3.19. The third-order valence-corrected chi connectivity index (χ3v) is 2.74. The number of nitrogen functional groups attached to an aromatic ring is 1. The van der Waals surface area contributed by atoms with Crippen molar-refractivity contribution in [3.05, 3.63) is 23.8 Å². The highest BCUT2D eigenvalue weighted by Crippen LogP contribution is 2.28. The number of aromatic carboxylic acids is 1. The molecule has 0 bridgehead atoms. The fourth-order valence-electron chi connectivity index (χ4n) is 1.89. The van der Waals surface area contributed by atoms with Gasteiger partial charge in [0.1, 0.15) is 0 Å². The minimum Gasteiger partial charge on any atom is -0.478 e. The number of benzene rings is 1. The van der Waals surface area contributed by atoms with E-state index in [4.69, 9.17) is 11.5 Å². The number of para-hydroxylation sites is 1. The number of amides is 1. The van der Waals surface area contributed by atoms with Crippen LogP contribution in [0.4, 0.5) is 11.4 Å². The molecule has 0 saturated heterocycles. The van der Waals surface area contributed by atoms with Crippen LogP contribution in [0.15, 0.2) is 18.2 Å². The number of primary amides is 1. The summed E-state index contributed by atoms with van der Waals surface area (Å²) in [5, 5.41) is 9.20. The van der Waals surface area contributed by atoms with E-state index in [2.05, 4.69) is 0 Å². The third-order valence-electron chi connectivity index (χ3n) is 2.74. The largest absolute Gasteiger partial charge is 0.478 e. The van der Waals surface area contributed by atoms with Gasteiger partial charge in [-0.05, 0) is 18.6 Å². The van der Waals surface area contributed by atoms with E-state index in [1.165, 1.54) is 6.07 Å². The molecule has 1 aromatic rings. The summed E-state index contributed by atoms with van der Waals surface area (Å²) in [6.45, 7) is 2.50. The molecule has 0 aliphatic carbocycles. The molecule has 0 saturated carbocycles. The molecule has 0 aromatic heterocycles. The molecule has 1 rings (SSSR count). The molecule has 0 atom stereocenters. The standard InChI is InChI=1S/C13H19N3O3/c1-2-3-7-16(8-11(15)17)12-9(13(18)19)5-4-6-10(12)14/h4-6H,2-3,7-8,14H2,1H3,(H2,15,17)(H,18,19). The zero-order valence-corrected chi connectivity index (χ0v) is 10.9. The van der Waals surface area contributed by atoms with Crippen LogP contribution in [0, 0.1) is 0 Å². The normalized spacial score (nSPS) is 10.2. The van der Waals surface area contributed by atoms with Crippen molar-refractivity contribution in [1.82, 2.24) is 0 Å². The molecule has 104 valence electrons. The van der Waals surface area contributed by atoms with Crippen LogP contribution < -0.4 is 16.4 Å². The van der Waals surface area contributed by atoms with Crippen LogP contribution in [0.2, 0.25) is 0 Å². The molecule has 0 unspecified atom stereocenters. The first-order valence-electron chi connectivity index (χ1n) is 6.12. The van der Waals surface area contributed by atoms with Crippen LogP contribution in [-0.4, -0.2) is 30.1 Å². The number of carbonyl (C=O) groups is 2. The maximum Gasteiger partial charge on any atom is 0.337 e. The Kier molecular flexibility index (Phi) is 5.17. The van der Waals surface area contributed by atoms with Crippen LogP contribution in [-0.2, 0) is 4.79 Å². The van der Waals surface area contributed by atoms with Crippen LogP contribution in [0.3, 0.4) is 0 Å². The van der Waals surface area contributed by atoms with Gasteiger partial charge >= 0.3 is 5.97 Å². The summed E-state index contributed by atoms with van der Waals surface area (Å²) >= 11 is 0. The van der Waals surface area contributed by atoms with Gasteiger partial charge in [-0.3, -0.25) is 4.79 Å². The first kappa shape index (κ1) is 14.8. The smallest absolute Gasteiger partial charge is 0.337 e. The minimum atomic E-state index is -1.08. The lowest BCUT2D eigenvalue weighted by atomic mass is 10.1. The summed E-state index contributed by atoms with van der Waals surface area (Å²) < 4.78 is 0. The highest BCUT2D eigenvalue weighted by molar-refractivity contribution is 5.98. The van der Waals surface area contributed by atoms with E-state index in [1.807, 2.05) is 6.92 Å². The maximum atomic E-state index is 11.2. The Morgan fingerprint density at radius 2 is 2.05 bits per heavy atom. The first-order chi connectivity index (χ1) is 8.97. The maximum absolute atomic E-state index is 11.2. The number of unbranched alkanes of at least 4 members (excludes halogenated alkanes) is 1. The van der Waals surface area contributed by atoms with Crippen LogP contribution in [0.5, 0.6) is 0 Å². The molecule has 0 radical (unpaired) electrons. The summed E-state index contributed by atoms with van der Waals surface area (Å²) in [4.78, 5) is 24.0. The number of nitrogens with zero attached hydrogens (tertiary/aromatic N) is 1. The Morgan fingerprint density at radius 1 is 1.37 bits per heavy atom. The summed E-state index contributed by atoms with van der Waals surface area (Å²) in [5.41, 5.74) is 11.8. The van der Waals surface area contributed by atoms with Crippen molar-refractivity contribution in [2.45, 2.75) is 19.8 Å². The van der Waals surface area contributed by atoms with E-state index in [9.17, 15) is 14.7 Å². The molecule has 6 nitrogen and oxygen atoms in total. The summed E-state index contributed by atoms with van der Waals surface area (Å²) in [6.07, 6.45) is 1.74. The number of hydrogen-bond acceptors (Lipinski definition) is 4. The van der Waals surface area contributed by atoms with Crippen molar-refractivity contribution in [2.75, 3.05) is 23.7 Å². The predicted molar refractivity (Wildman–Crippen MR) is 74.1 cm³/mol. The highest BCUT2D eigenvalue weighted by Gasteiger charge is 2.19. The molecular weight excluding hydrogens is 246 g/mol. The Morgan fingerprint density at radius 3 is 2.58 bits per heavy atom. The number of carboxylic acids is 1. The molecule has 0 aliphatic rings. The summed E-state index contributed by atoms with van der Waals surface area (Å²) in [5.74, 6) is -1.59. The van der Waals surface area contributed by atoms with Crippen molar-refractivity contribution >= 4 is 23.3 Å². The molecular formula is C13H19N3O3. The Labute approximate surface area is 112 Å². The number of carbonyl (C=O) groups excluding carboxylic acids is 1. The van der Waals surface area contributed by atoms with E-state index >= 15 is 0 Å². The third kappa shape index (κ3) is 3.87. The fraction of sp³-hybridized carbons (Fsp3) is 0.385. The lowest BCUT2D eigenvalue weighted by Crippen LogP contribution is -2.36. The summed E-state index contributed by atoms with van der Waals surface area (Å²) in [7, 11) is 0. The lowest BCUT2D eigenvalue weighted by Gasteiger charge is -2.26. The number of hydrogen-bond donors (Lipinski definition) is 3. The average molecular weight is 265 g/mol. The molecule has 19 heavy (non-hydrogen) atoms. The van der Waals surface area contributed by atoms with Gasteiger partial charge in [-0.15, -0.1) is 0 Å². The van der Waals surface area contributed by atoms with Crippen molar-refractivity contribution in [3.8, 4) is 0 Å². The van der Waals surface area contributed by atoms with E-state index in [0.717, 1.165) is 12.8 Å². The SMILES string of the molecule is CCCCN(CC(N)=O)c1c(N)cccc1C(=O)O. The second-order valence-electron chi connectivity index (χ2n) is 4.29. The summed E-state index contributed by atoms with van der Waals surface area (Å²) in [6, 6.07) is 4.65. The molecule has 0 heterocycles. The number of anilines is 2. The minimum absolute atomic E-state index is 0.0471.